The molecule has 0 N–H and O–H groups in total. The number of rotatable bonds is 5. The van der Waals surface area contributed by atoms with Crippen LogP contribution in [0.2, 0.25) is 0 Å². The predicted octanol–water partition coefficient (Wildman–Crippen LogP) is 15.7. The van der Waals surface area contributed by atoms with Crippen LogP contribution in [0.15, 0.2) is 218 Å². The Morgan fingerprint density at radius 2 is 0.633 bits per heavy atom. The smallest absolute Gasteiger partial charge is 0.0541 e. The van der Waals surface area contributed by atoms with Crippen LogP contribution in [0.3, 0.4) is 0 Å². The first-order chi connectivity index (χ1) is 29.8. The molecule has 0 atom stereocenters. The molecule has 1 aliphatic rings. The Labute approximate surface area is 347 Å². The average Bonchev–Trinajstić information content (AvgIpc) is 3.96. The molecule has 2 aromatic heterocycles. The summed E-state index contributed by atoms with van der Waals surface area (Å²) in [5.41, 5.74) is 19.8. The summed E-state index contributed by atoms with van der Waals surface area (Å²) in [4.78, 5) is 0. The second-order valence-electron chi connectivity index (χ2n) is 16.1. The van der Waals surface area contributed by atoms with Gasteiger partial charge >= 0.3 is 0 Å². The highest BCUT2D eigenvalue weighted by atomic mass is 15.0. The summed E-state index contributed by atoms with van der Waals surface area (Å²) in [6, 6.07) is 80.3. The minimum absolute atomic E-state index is 1.16. The maximum absolute atomic E-state index is 2.41. The quantitative estimate of drug-likeness (QED) is 0.165. The van der Waals surface area contributed by atoms with Gasteiger partial charge in [-0.05, 0) is 127 Å². The molecule has 12 aromatic rings. The van der Waals surface area contributed by atoms with Crippen molar-refractivity contribution in [2.75, 3.05) is 0 Å². The van der Waals surface area contributed by atoms with Crippen LogP contribution in [0.1, 0.15) is 0 Å². The van der Waals surface area contributed by atoms with E-state index in [-0.39, 0.29) is 0 Å². The second-order valence-corrected chi connectivity index (χ2v) is 16.1. The number of aromatic nitrogens is 2. The molecule has 2 nitrogen and oxygen atoms in total. The van der Waals surface area contributed by atoms with Crippen LogP contribution >= 0.6 is 0 Å². The van der Waals surface area contributed by atoms with Crippen LogP contribution in [-0.4, -0.2) is 9.13 Å². The van der Waals surface area contributed by atoms with E-state index in [0.717, 1.165) is 5.69 Å². The van der Waals surface area contributed by atoms with Gasteiger partial charge in [-0.3, -0.25) is 0 Å². The van der Waals surface area contributed by atoms with E-state index in [9.17, 15) is 0 Å². The lowest BCUT2D eigenvalue weighted by Crippen LogP contribution is -1.94. The standard InChI is InChI=1S/C58H36N2/c1-2-11-42(12-3-1)59-54-19-8-6-15-47(54)52-35-40(27-33-56(52)59)37-21-23-38(24-22-37)41-28-34-57-53(36-41)48-16-7-9-20-55(48)60(57)43-29-25-39(26-30-43)44-31-32-51-46-14-5-4-13-45(46)50-18-10-17-49(44)58(50)51/h1-36H. The van der Waals surface area contributed by atoms with Gasteiger partial charge in [0.2, 0.25) is 0 Å². The lowest BCUT2D eigenvalue weighted by atomic mass is 9.94. The van der Waals surface area contributed by atoms with Gasteiger partial charge in [0, 0.05) is 32.9 Å². The maximum Gasteiger partial charge on any atom is 0.0541 e. The third-order valence-electron chi connectivity index (χ3n) is 12.9. The van der Waals surface area contributed by atoms with Gasteiger partial charge in [0.1, 0.15) is 0 Å². The van der Waals surface area contributed by atoms with E-state index in [2.05, 4.69) is 228 Å². The van der Waals surface area contributed by atoms with Gasteiger partial charge in [-0.2, -0.15) is 0 Å². The zero-order valence-corrected chi connectivity index (χ0v) is 32.7. The van der Waals surface area contributed by atoms with Gasteiger partial charge in [0.15, 0.2) is 0 Å². The molecule has 0 aliphatic heterocycles. The lowest BCUT2D eigenvalue weighted by molar-refractivity contribution is 1.18. The molecule has 0 amide bonds. The summed E-state index contributed by atoms with van der Waals surface area (Å²) < 4.78 is 4.78. The Kier molecular flexibility index (Phi) is 7.05. The van der Waals surface area contributed by atoms with Crippen molar-refractivity contribution < 1.29 is 0 Å². The molecule has 0 fully saturated rings. The molecule has 1 aliphatic carbocycles. The Morgan fingerprint density at radius 1 is 0.217 bits per heavy atom. The molecule has 0 saturated heterocycles. The summed E-state index contributed by atoms with van der Waals surface area (Å²) in [6.45, 7) is 0. The molecule has 60 heavy (non-hydrogen) atoms. The van der Waals surface area contributed by atoms with Crippen LogP contribution in [0.4, 0.5) is 0 Å². The Morgan fingerprint density at radius 3 is 1.23 bits per heavy atom. The highest BCUT2D eigenvalue weighted by Gasteiger charge is 2.22. The maximum atomic E-state index is 2.41. The minimum Gasteiger partial charge on any atom is -0.309 e. The molecule has 2 heteroatoms. The van der Waals surface area contributed by atoms with Crippen molar-refractivity contribution in [3.8, 4) is 67.0 Å². The van der Waals surface area contributed by atoms with Crippen molar-refractivity contribution in [1.82, 2.24) is 9.13 Å². The third-order valence-corrected chi connectivity index (χ3v) is 12.9. The molecule has 0 spiro atoms. The monoisotopic (exact) mass is 760 g/mol. The number of hydrogen-bond donors (Lipinski definition) is 0. The van der Waals surface area contributed by atoms with Crippen LogP contribution < -0.4 is 0 Å². The van der Waals surface area contributed by atoms with Gasteiger partial charge in [0.25, 0.3) is 0 Å². The third kappa shape index (κ3) is 4.82. The Bertz CT molecular complexity index is 3650. The first kappa shape index (κ1) is 33.1. The summed E-state index contributed by atoms with van der Waals surface area (Å²) in [5, 5.41) is 7.70. The van der Waals surface area contributed by atoms with Gasteiger partial charge in [-0.25, -0.2) is 0 Å². The molecule has 13 rings (SSSR count). The fourth-order valence-corrected chi connectivity index (χ4v) is 10.1. The highest BCUT2D eigenvalue weighted by Crippen LogP contribution is 2.49. The van der Waals surface area contributed by atoms with Gasteiger partial charge in [-0.15, -0.1) is 0 Å². The van der Waals surface area contributed by atoms with Gasteiger partial charge in [-0.1, -0.05) is 158 Å². The van der Waals surface area contributed by atoms with Crippen LogP contribution in [0, 0.1) is 0 Å². The molecule has 10 aromatic carbocycles. The second kappa shape index (κ2) is 12.8. The van der Waals surface area contributed by atoms with Crippen LogP contribution in [0.25, 0.3) is 121 Å². The summed E-state index contributed by atoms with van der Waals surface area (Å²) in [7, 11) is 0. The number of benzene rings is 10. The molecule has 278 valence electrons. The van der Waals surface area contributed by atoms with E-state index in [1.807, 2.05) is 0 Å². The van der Waals surface area contributed by atoms with Crippen molar-refractivity contribution in [2.45, 2.75) is 0 Å². The van der Waals surface area contributed by atoms with Crippen molar-refractivity contribution in [1.29, 1.82) is 0 Å². The van der Waals surface area contributed by atoms with E-state index >= 15 is 0 Å². The Hall–Kier alpha value is -7.94. The fourth-order valence-electron chi connectivity index (χ4n) is 10.1. The molecule has 0 bridgehead atoms. The molecule has 2 heterocycles. The lowest BCUT2D eigenvalue weighted by Gasteiger charge is -2.12. The van der Waals surface area contributed by atoms with Crippen molar-refractivity contribution in [2.24, 2.45) is 0 Å². The van der Waals surface area contributed by atoms with Crippen LogP contribution in [-0.2, 0) is 0 Å². The average molecular weight is 761 g/mol. The molecule has 0 radical (unpaired) electrons. The number of para-hydroxylation sites is 3. The fraction of sp³-hybridized carbons (Fsp3) is 0. The minimum atomic E-state index is 1.16. The first-order valence-electron chi connectivity index (χ1n) is 20.8. The summed E-state index contributed by atoms with van der Waals surface area (Å²) >= 11 is 0. The van der Waals surface area contributed by atoms with E-state index in [0.29, 0.717) is 0 Å². The SMILES string of the molecule is c1ccc(-n2c3ccccc3c3cc(-c4ccc(-c5ccc6c(c5)c5ccccc5n6-c5ccc(-c6ccc7c8c(cccc68)-c6ccccc6-7)cc5)cc4)ccc32)cc1. The topological polar surface area (TPSA) is 9.86 Å². The van der Waals surface area contributed by atoms with E-state index < -0.39 is 0 Å². The summed E-state index contributed by atoms with van der Waals surface area (Å²) in [5.74, 6) is 0. The molecular formula is C58H36N2. The van der Waals surface area contributed by atoms with Gasteiger partial charge in [0.05, 0.1) is 22.1 Å². The number of nitrogens with zero attached hydrogens (tertiary/aromatic N) is 2. The molecular weight excluding hydrogens is 725 g/mol. The van der Waals surface area contributed by atoms with Crippen molar-refractivity contribution in [3.63, 3.8) is 0 Å². The van der Waals surface area contributed by atoms with Gasteiger partial charge < -0.3 is 9.13 Å². The first-order valence-corrected chi connectivity index (χ1v) is 20.8. The molecule has 0 unspecified atom stereocenters. The zero-order valence-electron chi connectivity index (χ0n) is 32.7. The number of hydrogen-bond acceptors (Lipinski definition) is 0. The predicted molar refractivity (Wildman–Crippen MR) is 253 cm³/mol. The largest absolute Gasteiger partial charge is 0.309 e. The highest BCUT2D eigenvalue weighted by molar-refractivity contribution is 6.19. The van der Waals surface area contributed by atoms with E-state index in [1.165, 1.54) is 116 Å². The van der Waals surface area contributed by atoms with Crippen LogP contribution in [0.5, 0.6) is 0 Å². The summed E-state index contributed by atoms with van der Waals surface area (Å²) in [6.07, 6.45) is 0. The van der Waals surface area contributed by atoms with E-state index in [1.54, 1.807) is 0 Å². The number of fused-ring (bicyclic) bond motifs is 9. The zero-order chi connectivity index (χ0) is 39.3. The van der Waals surface area contributed by atoms with Crippen molar-refractivity contribution >= 4 is 54.4 Å². The Balaban J connectivity index is 0.851. The van der Waals surface area contributed by atoms with E-state index in [4.69, 9.17) is 0 Å². The van der Waals surface area contributed by atoms with Crippen molar-refractivity contribution in [3.05, 3.63) is 218 Å². The normalized spacial score (nSPS) is 12.0. The molecule has 0 saturated carbocycles.